The Morgan fingerprint density at radius 1 is 1.09 bits per heavy atom. The maximum absolute atomic E-state index is 12.9. The van der Waals surface area contributed by atoms with Gasteiger partial charge in [0.1, 0.15) is 19.4 Å². The molecule has 12 heteroatoms. The van der Waals surface area contributed by atoms with Crippen LogP contribution in [0.1, 0.15) is 35.3 Å². The van der Waals surface area contributed by atoms with Gasteiger partial charge in [0.05, 0.1) is 16.5 Å². The molecule has 0 bridgehead atoms. The minimum atomic E-state index is -5.09. The van der Waals surface area contributed by atoms with Crippen LogP contribution in [0.2, 0.25) is 0 Å². The van der Waals surface area contributed by atoms with Gasteiger partial charge >= 0.3 is 6.01 Å². The van der Waals surface area contributed by atoms with Crippen LogP contribution in [-0.2, 0) is 10.2 Å². The predicted molar refractivity (Wildman–Crippen MR) is 124 cm³/mol. The van der Waals surface area contributed by atoms with Crippen LogP contribution >= 0.6 is 15.9 Å². The third-order valence-electron chi connectivity index (χ3n) is 3.29. The highest BCUT2D eigenvalue weighted by atomic mass is 79.9. The highest BCUT2D eigenvalue weighted by Crippen LogP contribution is 2.34. The van der Waals surface area contributed by atoms with Crippen LogP contribution in [0.25, 0.3) is 11.1 Å². The molecule has 0 aliphatic carbocycles. The monoisotopic (exact) mass is 534 g/mol. The van der Waals surface area contributed by atoms with Gasteiger partial charge in [-0.05, 0) is 36.5 Å². The molecular weight excluding hydrogens is 500 g/mol. The van der Waals surface area contributed by atoms with E-state index in [1.165, 1.54) is 17.1 Å². The van der Waals surface area contributed by atoms with Crippen molar-refractivity contribution in [1.82, 2.24) is 24.7 Å². The summed E-state index contributed by atoms with van der Waals surface area (Å²) >= 11 is 2.92. The van der Waals surface area contributed by atoms with Crippen molar-refractivity contribution in [3.05, 3.63) is 52.9 Å². The van der Waals surface area contributed by atoms with Crippen LogP contribution in [0.5, 0.6) is 11.9 Å². The van der Waals surface area contributed by atoms with Gasteiger partial charge in [0.15, 0.2) is 5.82 Å². The number of anilines is 1. The van der Waals surface area contributed by atoms with Crippen LogP contribution < -0.4 is 18.9 Å². The summed E-state index contributed by atoms with van der Waals surface area (Å²) in [6.07, 6.45) is 0.426. The molecule has 3 rings (SSSR count). The second-order valence-electron chi connectivity index (χ2n) is 5.63. The van der Waals surface area contributed by atoms with Crippen molar-refractivity contribution in [2.24, 2.45) is 0 Å². The van der Waals surface area contributed by atoms with Gasteiger partial charge in [-0.1, -0.05) is 34.9 Å². The molecule has 0 aliphatic heterocycles. The van der Waals surface area contributed by atoms with Crippen molar-refractivity contribution in [3.63, 3.8) is 0 Å². The Labute approximate surface area is 212 Å². The van der Waals surface area contributed by atoms with E-state index in [2.05, 4.69) is 35.9 Å². The van der Waals surface area contributed by atoms with Crippen LogP contribution in [-0.4, -0.2) is 48.0 Å². The standard InChI is InChI=1S/C20H23BrN6O4S/c1-3-8-26-32(28,29)27-18-17(15-4-6-16(21)7-5-15)19(25-13-24-18)30-9-10-31-20-22-11-14(2)12-23-20/h4-7,11-13,26H,3,8-10H2,1-2H3,(H,24,25,27)/i3D2,4D,5D,6D,7D,8D2,9D2,10D2. The molecule has 0 radical (unpaired) electrons. The summed E-state index contributed by atoms with van der Waals surface area (Å²) in [4.78, 5) is 14.9. The number of nitrogens with zero attached hydrogens (tertiary/aromatic N) is 4. The smallest absolute Gasteiger partial charge is 0.316 e. The van der Waals surface area contributed by atoms with Crippen molar-refractivity contribution < 1.29 is 34.3 Å². The van der Waals surface area contributed by atoms with Gasteiger partial charge in [-0.2, -0.15) is 13.1 Å². The zero-order chi connectivity index (χ0) is 33.6. The minimum absolute atomic E-state index is 0.282. The first-order valence-electron chi connectivity index (χ1n) is 14.5. The van der Waals surface area contributed by atoms with Gasteiger partial charge in [0.25, 0.3) is 10.2 Å². The zero-order valence-electron chi connectivity index (χ0n) is 28.4. The third-order valence-corrected chi connectivity index (χ3v) is 4.52. The third kappa shape index (κ3) is 6.84. The summed E-state index contributed by atoms with van der Waals surface area (Å²) in [6, 6.07) is -3.50. The topological polar surface area (TPSA) is 128 Å². The van der Waals surface area contributed by atoms with Crippen LogP contribution in [0.4, 0.5) is 5.82 Å². The summed E-state index contributed by atoms with van der Waals surface area (Å²) in [7, 11) is -5.09. The summed E-state index contributed by atoms with van der Waals surface area (Å²) in [6.45, 7) is -7.65. The number of hydrogen-bond donors (Lipinski definition) is 2. The Morgan fingerprint density at radius 3 is 2.47 bits per heavy atom. The van der Waals surface area contributed by atoms with E-state index in [9.17, 15) is 8.42 Å². The van der Waals surface area contributed by atoms with Gasteiger partial charge < -0.3 is 9.47 Å². The molecule has 0 fully saturated rings. The first-order valence-corrected chi connectivity index (χ1v) is 10.8. The first kappa shape index (κ1) is 12.4. The number of aromatic nitrogens is 4. The average molecular weight is 535 g/mol. The minimum Gasteiger partial charge on any atom is -0.473 e. The molecule has 0 saturated carbocycles. The molecule has 0 amide bonds. The second-order valence-corrected chi connectivity index (χ2v) is 7.83. The SMILES string of the molecule is [2H]c1c([2H])c(-c2c(NS(=O)(=O)NC([2H])([2H])C([2H])([2H])C)ncnc2OC([2H])([2H])C([2H])([2H])Oc2ncc(C)cn2)c([2H])c([2H])c1Br. The number of nitrogens with one attached hydrogen (secondary N) is 2. The number of halogens is 1. The van der Waals surface area contributed by atoms with E-state index < -0.39 is 89.2 Å². The maximum atomic E-state index is 12.9. The molecule has 10 nitrogen and oxygen atoms in total. The Kier molecular flexibility index (Phi) is 4.33. The lowest BCUT2D eigenvalue weighted by Crippen LogP contribution is -2.31. The molecule has 0 saturated heterocycles. The van der Waals surface area contributed by atoms with Gasteiger partial charge in [0.2, 0.25) is 5.88 Å². The van der Waals surface area contributed by atoms with Crippen LogP contribution in [0, 0.1) is 6.92 Å². The van der Waals surface area contributed by atoms with E-state index in [-0.39, 0.29) is 4.47 Å². The highest BCUT2D eigenvalue weighted by Gasteiger charge is 2.19. The Hall–Kier alpha value is -2.83. The molecule has 1 aromatic carbocycles. The molecule has 170 valence electrons. The molecule has 2 aromatic heterocycles. The zero-order valence-corrected chi connectivity index (χ0v) is 18.8. The summed E-state index contributed by atoms with van der Waals surface area (Å²) in [5, 5.41) is 0. The van der Waals surface area contributed by atoms with Crippen molar-refractivity contribution in [1.29, 1.82) is 0 Å². The van der Waals surface area contributed by atoms with Gasteiger partial charge in [-0.3, -0.25) is 4.72 Å². The van der Waals surface area contributed by atoms with Crippen molar-refractivity contribution in [2.45, 2.75) is 20.2 Å². The Morgan fingerprint density at radius 2 is 1.78 bits per heavy atom. The van der Waals surface area contributed by atoms with E-state index >= 15 is 0 Å². The molecule has 0 aliphatic rings. The van der Waals surface area contributed by atoms with Crippen molar-refractivity contribution in [2.75, 3.05) is 24.3 Å². The first-order chi connectivity index (χ1) is 19.9. The molecule has 2 N–H and O–H groups in total. The fourth-order valence-corrected chi connectivity index (χ4v) is 2.91. The maximum Gasteiger partial charge on any atom is 0.316 e. The van der Waals surface area contributed by atoms with Gasteiger partial charge in [-0.15, -0.1) is 0 Å². The summed E-state index contributed by atoms with van der Waals surface area (Å²) in [5.74, 6) is -1.88. The van der Waals surface area contributed by atoms with Gasteiger partial charge in [0, 0.05) is 28.8 Å². The van der Waals surface area contributed by atoms with Crippen LogP contribution in [0.3, 0.4) is 0 Å². The summed E-state index contributed by atoms with van der Waals surface area (Å²) in [5.41, 5.74) is -0.942. The average Bonchev–Trinajstić information content (AvgIpc) is 2.87. The molecule has 32 heavy (non-hydrogen) atoms. The van der Waals surface area contributed by atoms with Crippen molar-refractivity contribution in [3.8, 4) is 23.0 Å². The predicted octanol–water partition coefficient (Wildman–Crippen LogP) is 3.12. The molecule has 0 unspecified atom stereocenters. The molecule has 0 atom stereocenters. The quantitative estimate of drug-likeness (QED) is 0.383. The fourth-order valence-electron chi connectivity index (χ4n) is 2.01. The number of rotatable bonds is 11. The number of aryl methyl sites for hydroxylation is 1. The van der Waals surface area contributed by atoms with E-state index in [0.29, 0.717) is 11.9 Å². The summed E-state index contributed by atoms with van der Waals surface area (Å²) < 4.78 is 136. The van der Waals surface area contributed by atoms with E-state index in [1.54, 1.807) is 11.6 Å². The second kappa shape index (κ2) is 11.2. The lowest BCUT2D eigenvalue weighted by molar-refractivity contribution is 0.202. The lowest BCUT2D eigenvalue weighted by Gasteiger charge is -2.15. The molecule has 0 spiro atoms. The van der Waals surface area contributed by atoms with E-state index in [4.69, 9.17) is 25.9 Å². The Bertz CT molecular complexity index is 1650. The lowest BCUT2D eigenvalue weighted by atomic mass is 10.1. The largest absolute Gasteiger partial charge is 0.473 e. The van der Waals surface area contributed by atoms with Gasteiger partial charge in [-0.25, -0.2) is 19.9 Å². The van der Waals surface area contributed by atoms with Crippen molar-refractivity contribution >= 4 is 32.0 Å². The molecule has 3 aromatic rings. The Balaban J connectivity index is 2.22. The highest BCUT2D eigenvalue weighted by molar-refractivity contribution is 9.10. The van der Waals surface area contributed by atoms with E-state index in [0.717, 1.165) is 6.92 Å². The normalized spacial score (nSPS) is 18.5. The molecular formula is C20H23BrN6O4S. The number of benzene rings is 1. The fraction of sp³-hybridized carbons (Fsp3) is 0.300. The number of hydrogen-bond acceptors (Lipinski definition) is 8. The molecule has 2 heterocycles. The van der Waals surface area contributed by atoms with E-state index in [1.807, 2.05) is 0 Å². The van der Waals surface area contributed by atoms with Crippen LogP contribution in [0.15, 0.2) is 47.4 Å². The number of ether oxygens (including phenoxy) is 2.